The Morgan fingerprint density at radius 1 is 1.39 bits per heavy atom. The molecule has 0 N–H and O–H groups in total. The molecule has 1 aliphatic heterocycles. The zero-order valence-corrected chi connectivity index (χ0v) is 11.6. The molecule has 0 aliphatic carbocycles. The normalized spacial score (nSPS) is 24.3. The maximum atomic E-state index is 6.01. The molecule has 1 aliphatic rings. The number of halogens is 1. The summed E-state index contributed by atoms with van der Waals surface area (Å²) in [5, 5.41) is 0.443. The Morgan fingerprint density at radius 2 is 2.06 bits per heavy atom. The van der Waals surface area contributed by atoms with Gasteiger partial charge in [-0.1, -0.05) is 11.6 Å². The summed E-state index contributed by atoms with van der Waals surface area (Å²) in [4.78, 5) is 10.8. The van der Waals surface area contributed by atoms with E-state index >= 15 is 0 Å². The van der Waals surface area contributed by atoms with E-state index in [0.717, 1.165) is 18.9 Å². The molecular weight excluding hydrogens is 254 g/mol. The van der Waals surface area contributed by atoms with Gasteiger partial charge in [0.1, 0.15) is 17.6 Å². The molecule has 1 aromatic rings. The third-order valence-corrected chi connectivity index (χ3v) is 2.94. The second-order valence-corrected chi connectivity index (χ2v) is 4.95. The Bertz CT molecular complexity index is 406. The van der Waals surface area contributed by atoms with E-state index in [9.17, 15) is 0 Å². The molecule has 1 saturated heterocycles. The average Bonchev–Trinajstić information content (AvgIpc) is 2.27. The van der Waals surface area contributed by atoms with E-state index < -0.39 is 0 Å². The number of rotatable bonds is 3. The number of aromatic nitrogens is 2. The van der Waals surface area contributed by atoms with Gasteiger partial charge in [0.25, 0.3) is 0 Å². The van der Waals surface area contributed by atoms with Crippen molar-refractivity contribution in [1.82, 2.24) is 9.97 Å². The minimum atomic E-state index is 0.188. The van der Waals surface area contributed by atoms with Crippen LogP contribution in [-0.2, 0) is 16.1 Å². The first-order valence-electron chi connectivity index (χ1n) is 6.01. The summed E-state index contributed by atoms with van der Waals surface area (Å²) in [6, 6.07) is 1.78. The fraction of sp³-hybridized carbons (Fsp3) is 0.667. The number of hydrogen-bond donors (Lipinski definition) is 0. The molecule has 5 nitrogen and oxygen atoms in total. The van der Waals surface area contributed by atoms with Crippen LogP contribution < -0.4 is 4.90 Å². The van der Waals surface area contributed by atoms with Gasteiger partial charge in [0, 0.05) is 26.3 Å². The van der Waals surface area contributed by atoms with Crippen molar-refractivity contribution in [2.45, 2.75) is 32.7 Å². The summed E-state index contributed by atoms with van der Waals surface area (Å²) >= 11 is 6.01. The fourth-order valence-corrected chi connectivity index (χ4v) is 2.37. The van der Waals surface area contributed by atoms with E-state index in [2.05, 4.69) is 28.7 Å². The van der Waals surface area contributed by atoms with Gasteiger partial charge in [-0.05, 0) is 13.8 Å². The molecular formula is C12H18ClN3O2. The predicted molar refractivity (Wildman–Crippen MR) is 70.0 cm³/mol. The Balaban J connectivity index is 2.21. The number of anilines is 1. The molecule has 1 fully saturated rings. The van der Waals surface area contributed by atoms with Crippen LogP contribution in [0.3, 0.4) is 0 Å². The number of morpholine rings is 1. The van der Waals surface area contributed by atoms with Crippen molar-refractivity contribution in [3.8, 4) is 0 Å². The van der Waals surface area contributed by atoms with Gasteiger partial charge in [-0.2, -0.15) is 0 Å². The number of ether oxygens (including phenoxy) is 2. The summed E-state index contributed by atoms with van der Waals surface area (Å²) in [7, 11) is 1.61. The van der Waals surface area contributed by atoms with Gasteiger partial charge in [-0.25, -0.2) is 9.97 Å². The topological polar surface area (TPSA) is 47.5 Å². The zero-order chi connectivity index (χ0) is 13.1. The highest BCUT2D eigenvalue weighted by molar-refractivity contribution is 6.29. The monoisotopic (exact) mass is 271 g/mol. The lowest BCUT2D eigenvalue weighted by atomic mass is 10.2. The summed E-state index contributed by atoms with van der Waals surface area (Å²) in [5.41, 5.74) is 0. The van der Waals surface area contributed by atoms with E-state index in [-0.39, 0.29) is 12.2 Å². The van der Waals surface area contributed by atoms with Crippen LogP contribution in [0.2, 0.25) is 5.15 Å². The van der Waals surface area contributed by atoms with Crippen LogP contribution in [0.4, 0.5) is 5.82 Å². The lowest BCUT2D eigenvalue weighted by Gasteiger charge is -2.36. The number of nitrogens with zero attached hydrogens (tertiary/aromatic N) is 3. The number of hydrogen-bond acceptors (Lipinski definition) is 5. The lowest BCUT2D eigenvalue weighted by Crippen LogP contribution is -2.46. The summed E-state index contributed by atoms with van der Waals surface area (Å²) in [6.07, 6.45) is 0.377. The van der Waals surface area contributed by atoms with Crippen LogP contribution in [-0.4, -0.2) is 42.4 Å². The quantitative estimate of drug-likeness (QED) is 0.786. The molecule has 100 valence electrons. The van der Waals surface area contributed by atoms with Crippen molar-refractivity contribution < 1.29 is 9.47 Å². The minimum absolute atomic E-state index is 0.188. The molecule has 0 saturated carbocycles. The van der Waals surface area contributed by atoms with Crippen LogP contribution in [0.25, 0.3) is 0 Å². The Hall–Kier alpha value is -0.910. The van der Waals surface area contributed by atoms with E-state index in [0.29, 0.717) is 17.6 Å². The maximum absolute atomic E-state index is 6.01. The van der Waals surface area contributed by atoms with Gasteiger partial charge in [-0.15, -0.1) is 0 Å². The summed E-state index contributed by atoms with van der Waals surface area (Å²) in [6.45, 7) is 6.10. The Labute approximate surface area is 112 Å². The summed E-state index contributed by atoms with van der Waals surface area (Å²) < 4.78 is 10.7. The van der Waals surface area contributed by atoms with Gasteiger partial charge in [0.15, 0.2) is 5.82 Å². The highest BCUT2D eigenvalue weighted by Crippen LogP contribution is 2.21. The molecule has 0 radical (unpaired) electrons. The smallest absolute Gasteiger partial charge is 0.158 e. The third-order valence-electron chi connectivity index (χ3n) is 2.74. The molecule has 0 spiro atoms. The Kier molecular flexibility index (Phi) is 4.37. The third kappa shape index (κ3) is 3.31. The van der Waals surface area contributed by atoms with Crippen molar-refractivity contribution in [2.75, 3.05) is 25.1 Å². The van der Waals surface area contributed by atoms with Crippen molar-refractivity contribution in [3.63, 3.8) is 0 Å². The average molecular weight is 272 g/mol. The van der Waals surface area contributed by atoms with E-state index in [1.54, 1.807) is 13.2 Å². The zero-order valence-electron chi connectivity index (χ0n) is 10.9. The second kappa shape index (κ2) is 5.82. The van der Waals surface area contributed by atoms with Crippen LogP contribution >= 0.6 is 11.6 Å². The fourth-order valence-electron chi connectivity index (χ4n) is 2.17. The molecule has 0 amide bonds. The van der Waals surface area contributed by atoms with Crippen molar-refractivity contribution in [3.05, 3.63) is 17.0 Å². The number of methoxy groups -OCH3 is 1. The molecule has 6 heteroatoms. The minimum Gasteiger partial charge on any atom is -0.377 e. The van der Waals surface area contributed by atoms with Gasteiger partial charge < -0.3 is 14.4 Å². The van der Waals surface area contributed by atoms with Crippen molar-refractivity contribution in [2.24, 2.45) is 0 Å². The lowest BCUT2D eigenvalue weighted by molar-refractivity contribution is -0.00549. The van der Waals surface area contributed by atoms with Crippen LogP contribution in [0.1, 0.15) is 19.7 Å². The SMILES string of the molecule is COCc1nc(Cl)cc(N2C[C@@H](C)O[C@@H](C)C2)n1. The molecule has 2 heterocycles. The molecule has 0 aromatic carbocycles. The van der Waals surface area contributed by atoms with Crippen molar-refractivity contribution in [1.29, 1.82) is 0 Å². The summed E-state index contributed by atoms with van der Waals surface area (Å²) in [5.74, 6) is 1.44. The van der Waals surface area contributed by atoms with E-state index in [1.165, 1.54) is 0 Å². The van der Waals surface area contributed by atoms with Crippen LogP contribution in [0, 0.1) is 0 Å². The van der Waals surface area contributed by atoms with E-state index in [1.807, 2.05) is 0 Å². The highest BCUT2D eigenvalue weighted by Gasteiger charge is 2.23. The molecule has 2 rings (SSSR count). The van der Waals surface area contributed by atoms with Gasteiger partial charge in [0.05, 0.1) is 12.2 Å². The predicted octanol–water partition coefficient (Wildman–Crippen LogP) is 1.89. The van der Waals surface area contributed by atoms with E-state index in [4.69, 9.17) is 21.1 Å². The van der Waals surface area contributed by atoms with Gasteiger partial charge in [-0.3, -0.25) is 0 Å². The first kappa shape index (κ1) is 13.5. The van der Waals surface area contributed by atoms with Gasteiger partial charge >= 0.3 is 0 Å². The second-order valence-electron chi connectivity index (χ2n) is 4.56. The largest absolute Gasteiger partial charge is 0.377 e. The molecule has 0 bridgehead atoms. The van der Waals surface area contributed by atoms with Crippen LogP contribution in [0.15, 0.2) is 6.07 Å². The molecule has 18 heavy (non-hydrogen) atoms. The van der Waals surface area contributed by atoms with Crippen molar-refractivity contribution >= 4 is 17.4 Å². The van der Waals surface area contributed by atoms with Gasteiger partial charge in [0.2, 0.25) is 0 Å². The van der Waals surface area contributed by atoms with Crippen LogP contribution in [0.5, 0.6) is 0 Å². The Morgan fingerprint density at radius 3 is 2.67 bits per heavy atom. The maximum Gasteiger partial charge on any atom is 0.158 e. The first-order valence-corrected chi connectivity index (χ1v) is 6.39. The highest BCUT2D eigenvalue weighted by atomic mass is 35.5. The standard InChI is InChI=1S/C12H18ClN3O2/c1-8-5-16(6-9(2)18-8)12-4-10(13)14-11(15-12)7-17-3/h4,8-9H,5-7H2,1-3H3/t8-,9+. The molecule has 0 unspecified atom stereocenters. The molecule has 2 atom stereocenters. The first-order chi connectivity index (χ1) is 8.58. The molecule has 1 aromatic heterocycles.